The summed E-state index contributed by atoms with van der Waals surface area (Å²) >= 11 is 1.72. The largest absolute Gasteiger partial charge is 0.483 e. The van der Waals surface area contributed by atoms with Crippen LogP contribution in [0.15, 0.2) is 47.1 Å². The highest BCUT2D eigenvalue weighted by atomic mass is 32.2. The minimum atomic E-state index is -0.0997. The molecule has 0 radical (unpaired) electrons. The molecule has 1 aromatic carbocycles. The van der Waals surface area contributed by atoms with E-state index in [9.17, 15) is 4.79 Å². The van der Waals surface area contributed by atoms with Gasteiger partial charge >= 0.3 is 0 Å². The summed E-state index contributed by atoms with van der Waals surface area (Å²) in [7, 11) is 0. The van der Waals surface area contributed by atoms with Gasteiger partial charge in [-0.05, 0) is 29.2 Å². The van der Waals surface area contributed by atoms with E-state index in [4.69, 9.17) is 9.15 Å². The van der Waals surface area contributed by atoms with E-state index in [0.717, 1.165) is 28.6 Å². The first-order chi connectivity index (χ1) is 11.5. The van der Waals surface area contributed by atoms with E-state index in [1.54, 1.807) is 18.0 Å². The Balaban J connectivity index is 1.68. The van der Waals surface area contributed by atoms with Crippen molar-refractivity contribution in [1.29, 1.82) is 0 Å². The Morgan fingerprint density at radius 3 is 2.71 bits per heavy atom. The fourth-order valence-corrected chi connectivity index (χ4v) is 2.99. The van der Waals surface area contributed by atoms with Crippen molar-refractivity contribution in [2.75, 3.05) is 18.9 Å². The number of nitrogens with one attached hydrogen (secondary N) is 1. The molecule has 0 saturated heterocycles. The Bertz CT molecular complexity index is 632. The summed E-state index contributed by atoms with van der Waals surface area (Å²) in [6.45, 7) is 7.05. The van der Waals surface area contributed by atoms with Crippen LogP contribution < -0.4 is 10.1 Å². The van der Waals surface area contributed by atoms with Gasteiger partial charge in [-0.25, -0.2) is 0 Å². The maximum absolute atomic E-state index is 11.9. The van der Waals surface area contributed by atoms with Crippen molar-refractivity contribution in [3.63, 3.8) is 0 Å². The molecular weight excluding hydrogens is 322 g/mol. The van der Waals surface area contributed by atoms with E-state index >= 15 is 0 Å². The Morgan fingerprint density at radius 1 is 1.21 bits per heavy atom. The second-order valence-corrected chi connectivity index (χ2v) is 7.62. The van der Waals surface area contributed by atoms with Gasteiger partial charge in [0.25, 0.3) is 5.91 Å². The van der Waals surface area contributed by atoms with Crippen molar-refractivity contribution in [3.05, 3.63) is 54.0 Å². The molecule has 0 fully saturated rings. The van der Waals surface area contributed by atoms with Gasteiger partial charge in [0.1, 0.15) is 11.5 Å². The molecule has 0 aliphatic rings. The molecule has 0 aliphatic carbocycles. The predicted octanol–water partition coefficient (Wildman–Crippen LogP) is 4.01. The third-order valence-corrected chi connectivity index (χ3v) is 4.43. The fraction of sp³-hybridized carbons (Fsp3) is 0.421. The van der Waals surface area contributed by atoms with Crippen molar-refractivity contribution in [2.24, 2.45) is 0 Å². The zero-order valence-corrected chi connectivity index (χ0v) is 15.3. The Labute approximate surface area is 148 Å². The highest BCUT2D eigenvalue weighted by Crippen LogP contribution is 2.30. The van der Waals surface area contributed by atoms with Crippen molar-refractivity contribution in [2.45, 2.75) is 31.9 Å². The molecule has 1 N–H and O–H groups in total. The molecular formula is C19H25NO3S. The summed E-state index contributed by atoms with van der Waals surface area (Å²) < 4.78 is 11.0. The van der Waals surface area contributed by atoms with Crippen LogP contribution in [0.1, 0.15) is 32.1 Å². The number of ether oxygens (including phenoxy) is 1. The SMILES string of the molecule is CC(C)(C)c1ccccc1OCC(=O)NCCSCc1ccco1. The van der Waals surface area contributed by atoms with Crippen LogP contribution in [0.25, 0.3) is 0 Å². The number of thioether (sulfide) groups is 1. The maximum Gasteiger partial charge on any atom is 0.257 e. The smallest absolute Gasteiger partial charge is 0.257 e. The van der Waals surface area contributed by atoms with Gasteiger partial charge in [0.15, 0.2) is 6.61 Å². The lowest BCUT2D eigenvalue weighted by Gasteiger charge is -2.22. The Morgan fingerprint density at radius 2 is 2.00 bits per heavy atom. The number of amides is 1. The molecule has 0 bridgehead atoms. The minimum absolute atomic E-state index is 0.0183. The molecule has 24 heavy (non-hydrogen) atoms. The number of para-hydroxylation sites is 1. The van der Waals surface area contributed by atoms with Crippen molar-refractivity contribution in [3.8, 4) is 5.75 Å². The average molecular weight is 347 g/mol. The summed E-state index contributed by atoms with van der Waals surface area (Å²) in [4.78, 5) is 11.9. The van der Waals surface area contributed by atoms with E-state index in [2.05, 4.69) is 26.1 Å². The molecule has 2 aromatic rings. The van der Waals surface area contributed by atoms with E-state index in [1.165, 1.54) is 0 Å². The summed E-state index contributed by atoms with van der Waals surface area (Å²) in [5.41, 5.74) is 1.09. The van der Waals surface area contributed by atoms with Crippen LogP contribution in [0.3, 0.4) is 0 Å². The highest BCUT2D eigenvalue weighted by Gasteiger charge is 2.18. The van der Waals surface area contributed by atoms with E-state index < -0.39 is 0 Å². The summed E-state index contributed by atoms with van der Waals surface area (Å²) in [5, 5.41) is 2.88. The number of carbonyl (C=O) groups excluding carboxylic acids is 1. The molecule has 0 saturated carbocycles. The van der Waals surface area contributed by atoms with Crippen LogP contribution >= 0.6 is 11.8 Å². The number of rotatable bonds is 8. The first-order valence-corrected chi connectivity index (χ1v) is 9.21. The van der Waals surface area contributed by atoms with Gasteiger partial charge < -0.3 is 14.5 Å². The number of benzene rings is 1. The molecule has 0 spiro atoms. The fourth-order valence-electron chi connectivity index (χ4n) is 2.24. The molecule has 1 amide bonds. The predicted molar refractivity (Wildman–Crippen MR) is 98.5 cm³/mol. The Kier molecular flexibility index (Phi) is 6.79. The van der Waals surface area contributed by atoms with Gasteiger partial charge in [-0.15, -0.1) is 0 Å². The normalized spacial score (nSPS) is 11.3. The van der Waals surface area contributed by atoms with Crippen LogP contribution in [0.4, 0.5) is 0 Å². The zero-order valence-electron chi connectivity index (χ0n) is 14.5. The number of carbonyl (C=O) groups is 1. The third kappa shape index (κ3) is 5.96. The summed E-state index contributed by atoms with van der Waals surface area (Å²) in [6, 6.07) is 11.7. The van der Waals surface area contributed by atoms with Crippen LogP contribution in [-0.2, 0) is 16.0 Å². The number of furan rings is 1. The molecule has 1 heterocycles. The molecule has 1 aromatic heterocycles. The monoisotopic (exact) mass is 347 g/mol. The molecule has 0 atom stereocenters. The second-order valence-electron chi connectivity index (χ2n) is 6.52. The van der Waals surface area contributed by atoms with Crippen molar-refractivity contribution < 1.29 is 13.9 Å². The second kappa shape index (κ2) is 8.83. The average Bonchev–Trinajstić information content (AvgIpc) is 3.05. The van der Waals surface area contributed by atoms with Gasteiger partial charge in [-0.2, -0.15) is 11.8 Å². The zero-order chi connectivity index (χ0) is 17.4. The summed E-state index contributed by atoms with van der Waals surface area (Å²) in [6.07, 6.45) is 1.67. The molecule has 0 aliphatic heterocycles. The number of hydrogen-bond acceptors (Lipinski definition) is 4. The van der Waals surface area contributed by atoms with E-state index in [1.807, 2.05) is 36.4 Å². The lowest BCUT2D eigenvalue weighted by atomic mass is 9.86. The van der Waals surface area contributed by atoms with Gasteiger partial charge in [-0.3, -0.25) is 4.79 Å². The lowest BCUT2D eigenvalue weighted by molar-refractivity contribution is -0.122. The standard InChI is InChI=1S/C19H25NO3S/c1-19(2,3)16-8-4-5-9-17(16)23-13-18(21)20-10-12-24-14-15-7-6-11-22-15/h4-9,11H,10,12-14H2,1-3H3,(H,20,21). The molecule has 0 unspecified atom stereocenters. The van der Waals surface area contributed by atoms with Gasteiger partial charge in [0.2, 0.25) is 0 Å². The quantitative estimate of drug-likeness (QED) is 0.733. The third-order valence-electron chi connectivity index (χ3n) is 3.45. The highest BCUT2D eigenvalue weighted by molar-refractivity contribution is 7.98. The van der Waals surface area contributed by atoms with Crippen LogP contribution in [-0.4, -0.2) is 24.8 Å². The molecule has 2 rings (SSSR count). The maximum atomic E-state index is 11.9. The minimum Gasteiger partial charge on any atom is -0.483 e. The van der Waals surface area contributed by atoms with Crippen LogP contribution in [0.5, 0.6) is 5.75 Å². The van der Waals surface area contributed by atoms with Crippen LogP contribution in [0, 0.1) is 0 Å². The molecule has 5 heteroatoms. The Hall–Kier alpha value is -1.88. The van der Waals surface area contributed by atoms with Gasteiger partial charge in [-0.1, -0.05) is 39.0 Å². The topological polar surface area (TPSA) is 51.5 Å². The molecule has 130 valence electrons. The first-order valence-electron chi connectivity index (χ1n) is 8.06. The van der Waals surface area contributed by atoms with Gasteiger partial charge in [0, 0.05) is 12.3 Å². The van der Waals surface area contributed by atoms with E-state index in [-0.39, 0.29) is 17.9 Å². The van der Waals surface area contributed by atoms with Crippen LogP contribution in [0.2, 0.25) is 0 Å². The lowest BCUT2D eigenvalue weighted by Crippen LogP contribution is -2.31. The number of hydrogen-bond donors (Lipinski definition) is 1. The first kappa shape index (κ1) is 18.5. The van der Waals surface area contributed by atoms with Crippen molar-refractivity contribution >= 4 is 17.7 Å². The molecule has 4 nitrogen and oxygen atoms in total. The van der Waals surface area contributed by atoms with E-state index in [0.29, 0.717) is 6.54 Å². The van der Waals surface area contributed by atoms with Crippen molar-refractivity contribution in [1.82, 2.24) is 5.32 Å². The van der Waals surface area contributed by atoms with Gasteiger partial charge in [0.05, 0.1) is 12.0 Å². The summed E-state index contributed by atoms with van der Waals surface area (Å²) in [5.74, 6) is 3.28.